The minimum atomic E-state index is -0.0658. The summed E-state index contributed by atoms with van der Waals surface area (Å²) >= 11 is 5.34. The molecule has 1 aliphatic rings. The minimum Gasteiger partial charge on any atom is -0.376 e. The molecule has 2 unspecified atom stereocenters. The first-order chi connectivity index (χ1) is 7.47. The summed E-state index contributed by atoms with van der Waals surface area (Å²) in [6.45, 7) is 9.35. The third-order valence-corrected chi connectivity index (χ3v) is 3.85. The largest absolute Gasteiger partial charge is 0.376 e. The Morgan fingerprint density at radius 1 is 1.62 bits per heavy atom. The van der Waals surface area contributed by atoms with Gasteiger partial charge in [-0.25, -0.2) is 0 Å². The molecule has 16 heavy (non-hydrogen) atoms. The highest BCUT2D eigenvalue weighted by atomic mass is 32.1. The van der Waals surface area contributed by atoms with Gasteiger partial charge in [-0.15, -0.1) is 0 Å². The number of rotatable bonds is 2. The Hall–Kier alpha value is -0.680. The molecule has 2 atom stereocenters. The van der Waals surface area contributed by atoms with Gasteiger partial charge in [0, 0.05) is 12.5 Å². The second-order valence-electron chi connectivity index (χ2n) is 5.00. The molecule has 1 fully saturated rings. The molecule has 1 N–H and O–H groups in total. The van der Waals surface area contributed by atoms with Crippen LogP contribution in [0.1, 0.15) is 45.9 Å². The third-order valence-electron chi connectivity index (χ3n) is 3.58. The smallest absolute Gasteiger partial charge is 0.195 e. The summed E-state index contributed by atoms with van der Waals surface area (Å²) in [4.78, 5) is 0. The van der Waals surface area contributed by atoms with Crippen LogP contribution < -0.4 is 0 Å². The molecule has 0 radical (unpaired) electrons. The predicted octanol–water partition coefficient (Wildman–Crippen LogP) is 2.59. The summed E-state index contributed by atoms with van der Waals surface area (Å²) in [6, 6.07) is 0. The van der Waals surface area contributed by atoms with Gasteiger partial charge in [0.15, 0.2) is 4.77 Å². The lowest BCUT2D eigenvalue weighted by molar-refractivity contribution is 0.0738. The predicted molar refractivity (Wildman–Crippen MR) is 65.2 cm³/mol. The van der Waals surface area contributed by atoms with E-state index in [2.05, 4.69) is 42.5 Å². The molecule has 0 saturated carbocycles. The first-order valence-electron chi connectivity index (χ1n) is 5.76. The van der Waals surface area contributed by atoms with E-state index < -0.39 is 0 Å². The molecular formula is C11H19N3OS. The molecule has 1 aliphatic heterocycles. The second kappa shape index (κ2) is 3.96. The van der Waals surface area contributed by atoms with Crippen LogP contribution in [0.25, 0.3) is 0 Å². The van der Waals surface area contributed by atoms with Crippen LogP contribution in [0.4, 0.5) is 0 Å². The highest BCUT2D eigenvalue weighted by Crippen LogP contribution is 2.35. The van der Waals surface area contributed by atoms with Crippen molar-refractivity contribution in [1.82, 2.24) is 14.8 Å². The van der Waals surface area contributed by atoms with Crippen LogP contribution in [0.3, 0.4) is 0 Å². The van der Waals surface area contributed by atoms with Crippen molar-refractivity contribution in [1.29, 1.82) is 0 Å². The summed E-state index contributed by atoms with van der Waals surface area (Å²) in [7, 11) is 0. The monoisotopic (exact) mass is 241 g/mol. The molecular weight excluding hydrogens is 222 g/mol. The van der Waals surface area contributed by atoms with Gasteiger partial charge < -0.3 is 4.74 Å². The quantitative estimate of drug-likeness (QED) is 0.809. The number of aromatic nitrogens is 3. The molecule has 90 valence electrons. The van der Waals surface area contributed by atoms with Crippen LogP contribution in [0, 0.1) is 4.77 Å². The fraction of sp³-hybridized carbons (Fsp3) is 0.818. The van der Waals surface area contributed by atoms with E-state index in [0.29, 0.717) is 10.7 Å². The van der Waals surface area contributed by atoms with Gasteiger partial charge >= 0.3 is 0 Å². The van der Waals surface area contributed by atoms with Gasteiger partial charge in [0.2, 0.25) is 0 Å². The molecule has 0 bridgehead atoms. The summed E-state index contributed by atoms with van der Waals surface area (Å²) in [5.74, 6) is 1.38. The lowest BCUT2D eigenvalue weighted by Crippen LogP contribution is -2.38. The summed E-state index contributed by atoms with van der Waals surface area (Å²) in [5.41, 5.74) is -0.0658. The topological polar surface area (TPSA) is 42.8 Å². The van der Waals surface area contributed by atoms with Gasteiger partial charge in [-0.3, -0.25) is 9.67 Å². The van der Waals surface area contributed by atoms with Gasteiger partial charge in [0.1, 0.15) is 5.82 Å². The van der Waals surface area contributed by atoms with Crippen LogP contribution in [0.2, 0.25) is 0 Å². The maximum absolute atomic E-state index is 5.67. The van der Waals surface area contributed by atoms with E-state index in [0.717, 1.165) is 18.9 Å². The molecule has 1 aromatic rings. The zero-order valence-corrected chi connectivity index (χ0v) is 11.1. The highest BCUT2D eigenvalue weighted by Gasteiger charge is 2.41. The number of H-pyrrole nitrogens is 1. The van der Waals surface area contributed by atoms with E-state index in [-0.39, 0.29) is 11.6 Å². The summed E-state index contributed by atoms with van der Waals surface area (Å²) in [6.07, 6.45) is 1.16. The number of hydrogen-bond acceptors (Lipinski definition) is 3. The lowest BCUT2D eigenvalue weighted by atomic mass is 9.93. The maximum Gasteiger partial charge on any atom is 0.195 e. The van der Waals surface area contributed by atoms with Crippen LogP contribution >= 0.6 is 12.2 Å². The molecule has 1 aromatic heterocycles. The zero-order valence-electron chi connectivity index (χ0n) is 10.3. The number of hydrogen-bond donors (Lipinski definition) is 1. The number of nitrogens with one attached hydrogen (secondary N) is 1. The van der Waals surface area contributed by atoms with Gasteiger partial charge in [-0.1, -0.05) is 13.8 Å². The van der Waals surface area contributed by atoms with E-state index in [1.54, 1.807) is 0 Å². The highest BCUT2D eigenvalue weighted by molar-refractivity contribution is 7.71. The van der Waals surface area contributed by atoms with Gasteiger partial charge in [-0.05, 0) is 32.5 Å². The Labute approximate surface area is 101 Å². The third kappa shape index (κ3) is 1.62. The number of nitrogens with zero attached hydrogens (tertiary/aromatic N) is 2. The number of aromatic amines is 1. The van der Waals surface area contributed by atoms with Crippen LogP contribution in [-0.2, 0) is 10.3 Å². The van der Waals surface area contributed by atoms with Crippen molar-refractivity contribution in [3.05, 3.63) is 10.6 Å². The van der Waals surface area contributed by atoms with E-state index in [1.165, 1.54) is 0 Å². The van der Waals surface area contributed by atoms with Crippen LogP contribution in [-0.4, -0.2) is 27.5 Å². The Balaban J connectivity index is 2.54. The molecule has 2 heterocycles. The molecule has 0 amide bonds. The van der Waals surface area contributed by atoms with Crippen molar-refractivity contribution in [3.63, 3.8) is 0 Å². The molecule has 0 aliphatic carbocycles. The first-order valence-corrected chi connectivity index (χ1v) is 6.17. The van der Waals surface area contributed by atoms with Crippen molar-refractivity contribution in [2.24, 2.45) is 0 Å². The molecule has 0 spiro atoms. The van der Waals surface area contributed by atoms with Crippen molar-refractivity contribution in [2.45, 2.75) is 51.7 Å². The van der Waals surface area contributed by atoms with Gasteiger partial charge in [0.05, 0.1) is 11.6 Å². The SMILES string of the molecule is CC(C)c1n[nH]c(=S)n1C1(C)CCOC1C. The average molecular weight is 241 g/mol. The van der Waals surface area contributed by atoms with Crippen molar-refractivity contribution < 1.29 is 4.74 Å². The van der Waals surface area contributed by atoms with E-state index in [9.17, 15) is 0 Å². The van der Waals surface area contributed by atoms with Crippen LogP contribution in [0.15, 0.2) is 0 Å². The Kier molecular flexibility index (Phi) is 2.92. The molecule has 2 rings (SSSR count). The molecule has 4 nitrogen and oxygen atoms in total. The van der Waals surface area contributed by atoms with Crippen molar-refractivity contribution >= 4 is 12.2 Å². The number of ether oxygens (including phenoxy) is 1. The zero-order chi connectivity index (χ0) is 11.9. The fourth-order valence-electron chi connectivity index (χ4n) is 2.31. The van der Waals surface area contributed by atoms with Crippen LogP contribution in [0.5, 0.6) is 0 Å². The minimum absolute atomic E-state index is 0.0658. The van der Waals surface area contributed by atoms with Gasteiger partial charge in [0.25, 0.3) is 0 Å². The van der Waals surface area contributed by atoms with Crippen molar-refractivity contribution in [3.8, 4) is 0 Å². The second-order valence-corrected chi connectivity index (χ2v) is 5.38. The van der Waals surface area contributed by atoms with Gasteiger partial charge in [-0.2, -0.15) is 5.10 Å². The van der Waals surface area contributed by atoms with E-state index >= 15 is 0 Å². The Morgan fingerprint density at radius 2 is 2.31 bits per heavy atom. The normalized spacial score (nSPS) is 30.2. The standard InChI is InChI=1S/C11H19N3OS/c1-7(2)9-12-13-10(16)14(9)11(4)5-6-15-8(11)3/h7-8H,5-6H2,1-4H3,(H,13,16). The molecule has 0 aromatic carbocycles. The molecule has 5 heteroatoms. The maximum atomic E-state index is 5.67. The lowest BCUT2D eigenvalue weighted by Gasteiger charge is -2.31. The Bertz CT molecular complexity index is 437. The van der Waals surface area contributed by atoms with E-state index in [4.69, 9.17) is 17.0 Å². The fourth-order valence-corrected chi connectivity index (χ4v) is 2.66. The first kappa shape index (κ1) is 11.8. The molecule has 1 saturated heterocycles. The van der Waals surface area contributed by atoms with E-state index in [1.807, 2.05) is 0 Å². The summed E-state index contributed by atoms with van der Waals surface area (Å²) in [5, 5.41) is 7.23. The van der Waals surface area contributed by atoms with Crippen molar-refractivity contribution in [2.75, 3.05) is 6.61 Å². The summed E-state index contributed by atoms with van der Waals surface area (Å²) < 4.78 is 8.51. The average Bonchev–Trinajstić information content (AvgIpc) is 2.73. The Morgan fingerprint density at radius 3 is 2.81 bits per heavy atom.